The highest BCUT2D eigenvalue weighted by Gasteiger charge is 2.48. The number of aliphatic imine (C=N–C) groups is 1. The molecular weight excluding hydrogens is 310 g/mol. The van der Waals surface area contributed by atoms with E-state index >= 15 is 0 Å². The summed E-state index contributed by atoms with van der Waals surface area (Å²) in [5.74, 6) is 0.810. The second kappa shape index (κ2) is 6.36. The van der Waals surface area contributed by atoms with Gasteiger partial charge in [0.2, 0.25) is 0 Å². The molecule has 0 saturated heterocycles. The number of benzene rings is 2. The molecule has 1 amide bonds. The summed E-state index contributed by atoms with van der Waals surface area (Å²) < 4.78 is 0. The first kappa shape index (κ1) is 17.2. The number of carbonyl (C=O) groups excluding carboxylic acids is 1. The van der Waals surface area contributed by atoms with Crippen molar-refractivity contribution in [2.75, 3.05) is 14.1 Å². The Morgan fingerprint density at radius 3 is 2.08 bits per heavy atom. The van der Waals surface area contributed by atoms with Crippen LogP contribution in [0.2, 0.25) is 0 Å². The zero-order valence-corrected chi connectivity index (χ0v) is 15.3. The molecule has 4 heteroatoms. The Kier molecular flexibility index (Phi) is 4.38. The van der Waals surface area contributed by atoms with E-state index in [-0.39, 0.29) is 5.91 Å². The average molecular weight is 335 g/mol. The van der Waals surface area contributed by atoms with Crippen LogP contribution in [-0.2, 0) is 16.8 Å². The lowest BCUT2D eigenvalue weighted by Gasteiger charge is -2.43. The molecule has 2 aromatic rings. The molecule has 25 heavy (non-hydrogen) atoms. The topological polar surface area (TPSA) is 44.7 Å². The fourth-order valence-corrected chi connectivity index (χ4v) is 3.50. The second-order valence-corrected chi connectivity index (χ2v) is 7.30. The number of nitrogens with zero attached hydrogens (tertiary/aromatic N) is 2. The first-order valence-electron chi connectivity index (χ1n) is 8.55. The maximum atomic E-state index is 13.3. The van der Waals surface area contributed by atoms with E-state index < -0.39 is 11.1 Å². The Labute approximate surface area is 149 Å². The van der Waals surface area contributed by atoms with E-state index in [1.54, 1.807) is 0 Å². The van der Waals surface area contributed by atoms with E-state index in [4.69, 9.17) is 4.99 Å². The number of carbonyl (C=O) groups is 1. The van der Waals surface area contributed by atoms with E-state index in [9.17, 15) is 4.79 Å². The monoisotopic (exact) mass is 335 g/mol. The normalized spacial score (nSPS) is 22.1. The molecule has 0 fully saturated rings. The van der Waals surface area contributed by atoms with Crippen LogP contribution in [0.4, 0.5) is 0 Å². The number of hydrogen-bond donors (Lipinski definition) is 1. The van der Waals surface area contributed by atoms with E-state index in [0.29, 0.717) is 6.42 Å². The van der Waals surface area contributed by atoms with Crippen LogP contribution in [0.3, 0.4) is 0 Å². The number of amides is 1. The molecule has 0 bridgehead atoms. The van der Waals surface area contributed by atoms with E-state index in [2.05, 4.69) is 5.32 Å². The maximum Gasteiger partial charge on any atom is 0.253 e. The maximum absolute atomic E-state index is 13.3. The Hall–Kier alpha value is -2.62. The van der Waals surface area contributed by atoms with Gasteiger partial charge in [0.1, 0.15) is 5.84 Å². The van der Waals surface area contributed by atoms with E-state index in [0.717, 1.165) is 17.0 Å². The van der Waals surface area contributed by atoms with Gasteiger partial charge in [-0.25, -0.2) is 4.99 Å². The van der Waals surface area contributed by atoms with Gasteiger partial charge >= 0.3 is 0 Å². The SMILES string of the molecule is CN(C)C1=NC(Cc2ccccc2)(c2ccccc2)C(=O)NC1(C)C. The lowest BCUT2D eigenvalue weighted by atomic mass is 9.80. The van der Waals surface area contributed by atoms with Crippen LogP contribution in [0.5, 0.6) is 0 Å². The predicted octanol–water partition coefficient (Wildman–Crippen LogP) is 2.99. The van der Waals surface area contributed by atoms with Crippen LogP contribution in [0.1, 0.15) is 25.0 Å². The van der Waals surface area contributed by atoms with Gasteiger partial charge < -0.3 is 10.2 Å². The molecule has 0 saturated carbocycles. The van der Waals surface area contributed by atoms with Crippen molar-refractivity contribution in [1.29, 1.82) is 0 Å². The molecule has 1 unspecified atom stereocenters. The Balaban J connectivity index is 2.20. The molecule has 0 aliphatic carbocycles. The number of amidine groups is 1. The Bertz CT molecular complexity index is 781. The van der Waals surface area contributed by atoms with Gasteiger partial charge in [-0.05, 0) is 25.0 Å². The van der Waals surface area contributed by atoms with Crippen molar-refractivity contribution in [2.45, 2.75) is 31.3 Å². The molecular formula is C21H25N3O. The number of likely N-dealkylation sites (N-methyl/N-ethyl adjacent to an activating group) is 1. The van der Waals surface area contributed by atoms with Crippen LogP contribution in [0, 0.1) is 0 Å². The van der Waals surface area contributed by atoms with Crippen LogP contribution < -0.4 is 5.32 Å². The summed E-state index contributed by atoms with van der Waals surface area (Å²) in [7, 11) is 3.94. The minimum atomic E-state index is -0.961. The Morgan fingerprint density at radius 2 is 1.52 bits per heavy atom. The fraction of sp³-hybridized carbons (Fsp3) is 0.333. The summed E-state index contributed by atoms with van der Waals surface area (Å²) in [5, 5.41) is 3.19. The van der Waals surface area contributed by atoms with Crippen molar-refractivity contribution in [3.8, 4) is 0 Å². The molecule has 1 atom stereocenters. The van der Waals surface area contributed by atoms with Crippen LogP contribution >= 0.6 is 0 Å². The van der Waals surface area contributed by atoms with Crippen molar-refractivity contribution in [2.24, 2.45) is 4.99 Å². The quantitative estimate of drug-likeness (QED) is 0.937. The summed E-state index contributed by atoms with van der Waals surface area (Å²) in [6.45, 7) is 3.97. The highest BCUT2D eigenvalue weighted by atomic mass is 16.2. The van der Waals surface area contributed by atoms with Crippen molar-refractivity contribution in [1.82, 2.24) is 10.2 Å². The molecule has 130 valence electrons. The van der Waals surface area contributed by atoms with Gasteiger partial charge in [-0.3, -0.25) is 4.79 Å². The average Bonchev–Trinajstić information content (AvgIpc) is 2.58. The van der Waals surface area contributed by atoms with Crippen LogP contribution in [-0.4, -0.2) is 36.3 Å². The zero-order chi connectivity index (χ0) is 18.1. The lowest BCUT2D eigenvalue weighted by molar-refractivity contribution is -0.128. The summed E-state index contributed by atoms with van der Waals surface area (Å²) in [4.78, 5) is 20.3. The van der Waals surface area contributed by atoms with E-state index in [1.807, 2.05) is 93.5 Å². The Morgan fingerprint density at radius 1 is 0.960 bits per heavy atom. The number of rotatable bonds is 3. The third kappa shape index (κ3) is 3.16. The highest BCUT2D eigenvalue weighted by molar-refractivity contribution is 6.03. The zero-order valence-electron chi connectivity index (χ0n) is 15.3. The third-order valence-corrected chi connectivity index (χ3v) is 4.64. The highest BCUT2D eigenvalue weighted by Crippen LogP contribution is 2.35. The first-order valence-corrected chi connectivity index (χ1v) is 8.55. The van der Waals surface area contributed by atoms with Crippen LogP contribution in [0.15, 0.2) is 65.7 Å². The lowest BCUT2D eigenvalue weighted by Crippen LogP contribution is -2.64. The molecule has 0 spiro atoms. The van der Waals surface area contributed by atoms with Gasteiger partial charge in [-0.15, -0.1) is 0 Å². The fourth-order valence-electron chi connectivity index (χ4n) is 3.50. The molecule has 0 aromatic heterocycles. The molecule has 1 heterocycles. The van der Waals surface area contributed by atoms with Crippen molar-refractivity contribution >= 4 is 11.7 Å². The van der Waals surface area contributed by atoms with Crippen LogP contribution in [0.25, 0.3) is 0 Å². The van der Waals surface area contributed by atoms with Gasteiger partial charge in [0.25, 0.3) is 5.91 Å². The summed E-state index contributed by atoms with van der Waals surface area (Å²) in [6, 6.07) is 19.9. The summed E-state index contributed by atoms with van der Waals surface area (Å²) in [6.07, 6.45) is 0.525. The minimum Gasteiger partial charge on any atom is -0.364 e. The molecule has 4 nitrogen and oxygen atoms in total. The third-order valence-electron chi connectivity index (χ3n) is 4.64. The summed E-state index contributed by atoms with van der Waals surface area (Å²) in [5.41, 5.74) is 0.530. The smallest absolute Gasteiger partial charge is 0.253 e. The van der Waals surface area contributed by atoms with Gasteiger partial charge in [0.05, 0.1) is 5.54 Å². The largest absolute Gasteiger partial charge is 0.364 e. The standard InChI is InChI=1S/C21H25N3O/c1-20(2)18(24(3)4)22-21(19(25)23-20,17-13-9-6-10-14-17)15-16-11-7-5-8-12-16/h5-14H,15H2,1-4H3,(H,23,25). The van der Waals surface area contributed by atoms with Gasteiger partial charge in [0.15, 0.2) is 5.54 Å². The van der Waals surface area contributed by atoms with Crippen molar-refractivity contribution < 1.29 is 4.79 Å². The molecule has 0 radical (unpaired) electrons. The molecule has 1 aliphatic rings. The summed E-state index contributed by atoms with van der Waals surface area (Å²) >= 11 is 0. The molecule has 1 N–H and O–H groups in total. The molecule has 3 rings (SSSR count). The second-order valence-electron chi connectivity index (χ2n) is 7.30. The van der Waals surface area contributed by atoms with Gasteiger partial charge in [-0.1, -0.05) is 60.7 Å². The molecule has 2 aromatic carbocycles. The van der Waals surface area contributed by atoms with Crippen molar-refractivity contribution in [3.63, 3.8) is 0 Å². The number of nitrogens with one attached hydrogen (secondary N) is 1. The number of hydrogen-bond acceptors (Lipinski definition) is 3. The predicted molar refractivity (Wildman–Crippen MR) is 102 cm³/mol. The minimum absolute atomic E-state index is 0.0573. The van der Waals surface area contributed by atoms with Gasteiger partial charge in [-0.2, -0.15) is 0 Å². The first-order chi connectivity index (χ1) is 11.8. The van der Waals surface area contributed by atoms with Gasteiger partial charge in [0, 0.05) is 20.5 Å². The van der Waals surface area contributed by atoms with E-state index in [1.165, 1.54) is 0 Å². The van der Waals surface area contributed by atoms with Crippen molar-refractivity contribution in [3.05, 3.63) is 71.8 Å². The molecule has 1 aliphatic heterocycles.